The molecule has 0 unspecified atom stereocenters. The van der Waals surface area contributed by atoms with E-state index in [2.05, 4.69) is 4.99 Å². The van der Waals surface area contributed by atoms with Crippen molar-refractivity contribution in [1.29, 1.82) is 0 Å². The Bertz CT molecular complexity index is 415. The molecule has 0 aliphatic rings. The molecule has 0 saturated carbocycles. The fourth-order valence-corrected chi connectivity index (χ4v) is 1.27. The maximum absolute atomic E-state index is 12.0. The number of hydrogen-bond acceptors (Lipinski definition) is 1. The van der Waals surface area contributed by atoms with Gasteiger partial charge in [-0.05, 0) is 17.7 Å². The van der Waals surface area contributed by atoms with Gasteiger partial charge in [0.25, 0.3) is 0 Å². The van der Waals surface area contributed by atoms with Gasteiger partial charge >= 0.3 is 6.18 Å². The van der Waals surface area contributed by atoms with Gasteiger partial charge in [0.1, 0.15) is 0 Å². The van der Waals surface area contributed by atoms with Gasteiger partial charge in [-0.15, -0.1) is 0 Å². The van der Waals surface area contributed by atoms with Crippen LogP contribution >= 0.6 is 34.8 Å². The Morgan fingerprint density at radius 2 is 1.81 bits per heavy atom. The molecule has 7 heteroatoms. The number of nitrogens with zero attached hydrogens (tertiary/aromatic N) is 1. The van der Waals surface area contributed by atoms with Crippen LogP contribution in [0.1, 0.15) is 5.56 Å². The highest BCUT2D eigenvalue weighted by molar-refractivity contribution is 6.66. The normalized spacial score (nSPS) is 13.0. The molecule has 0 bridgehead atoms. The summed E-state index contributed by atoms with van der Waals surface area (Å²) < 4.78 is 36.0. The molecule has 0 aliphatic carbocycles. The SMILES string of the molecule is FC(F)(F)C(Cl)=NCc1ccc(Cl)c(Cl)c1. The van der Waals surface area contributed by atoms with E-state index < -0.39 is 11.3 Å². The molecule has 0 N–H and O–H groups in total. The summed E-state index contributed by atoms with van der Waals surface area (Å²) in [6, 6.07) is 4.45. The summed E-state index contributed by atoms with van der Waals surface area (Å²) >= 11 is 16.3. The van der Waals surface area contributed by atoms with Crippen LogP contribution in [0.3, 0.4) is 0 Å². The molecule has 1 rings (SSSR count). The zero-order valence-corrected chi connectivity index (χ0v) is 9.92. The molecule has 0 aliphatic heterocycles. The Kier molecular flexibility index (Phi) is 4.47. The van der Waals surface area contributed by atoms with Crippen molar-refractivity contribution in [3.8, 4) is 0 Å². The minimum atomic E-state index is -4.61. The van der Waals surface area contributed by atoms with E-state index in [1.54, 1.807) is 0 Å². The van der Waals surface area contributed by atoms with Crippen molar-refractivity contribution >= 4 is 40.0 Å². The molecule has 0 spiro atoms. The highest BCUT2D eigenvalue weighted by Crippen LogP contribution is 2.24. The lowest BCUT2D eigenvalue weighted by Crippen LogP contribution is -2.17. The van der Waals surface area contributed by atoms with Crippen LogP contribution in [0.15, 0.2) is 23.2 Å². The van der Waals surface area contributed by atoms with Crippen molar-refractivity contribution < 1.29 is 13.2 Å². The lowest BCUT2D eigenvalue weighted by atomic mass is 10.2. The van der Waals surface area contributed by atoms with Crippen molar-refractivity contribution in [2.24, 2.45) is 4.99 Å². The molecule has 1 aromatic rings. The molecule has 1 aromatic carbocycles. The molecule has 16 heavy (non-hydrogen) atoms. The largest absolute Gasteiger partial charge is 0.444 e. The summed E-state index contributed by atoms with van der Waals surface area (Å²) in [4.78, 5) is 3.19. The van der Waals surface area contributed by atoms with E-state index in [0.717, 1.165) is 0 Å². The fourth-order valence-electron chi connectivity index (χ4n) is 0.888. The standard InChI is InChI=1S/C9H5Cl3F3N/c10-6-2-1-5(3-7(6)11)4-16-8(12)9(13,14)15/h1-3H,4H2. The van der Waals surface area contributed by atoms with E-state index >= 15 is 0 Å². The predicted molar refractivity (Wildman–Crippen MR) is 59.5 cm³/mol. The van der Waals surface area contributed by atoms with E-state index in [4.69, 9.17) is 34.8 Å². The predicted octanol–water partition coefficient (Wildman–Crippen LogP) is 4.69. The summed E-state index contributed by atoms with van der Waals surface area (Å²) in [5.41, 5.74) is 0.497. The van der Waals surface area contributed by atoms with Crippen LogP contribution < -0.4 is 0 Å². The molecule has 0 radical (unpaired) electrons. The zero-order chi connectivity index (χ0) is 12.3. The zero-order valence-electron chi connectivity index (χ0n) is 7.65. The van der Waals surface area contributed by atoms with Crippen LogP contribution in [-0.2, 0) is 6.54 Å². The number of hydrogen-bond donors (Lipinski definition) is 0. The lowest BCUT2D eigenvalue weighted by molar-refractivity contribution is -0.0561. The maximum atomic E-state index is 12.0. The third-order valence-electron chi connectivity index (χ3n) is 1.62. The minimum absolute atomic E-state index is 0.199. The van der Waals surface area contributed by atoms with Gasteiger partial charge in [-0.25, -0.2) is 0 Å². The first-order chi connectivity index (χ1) is 7.30. The van der Waals surface area contributed by atoms with Gasteiger partial charge in [0.2, 0.25) is 5.17 Å². The van der Waals surface area contributed by atoms with Gasteiger partial charge in [-0.2, -0.15) is 13.2 Å². The average molecular weight is 290 g/mol. The van der Waals surface area contributed by atoms with Gasteiger partial charge in [-0.3, -0.25) is 4.99 Å². The van der Waals surface area contributed by atoms with Crippen molar-refractivity contribution in [2.45, 2.75) is 12.7 Å². The first-order valence-corrected chi connectivity index (χ1v) is 5.15. The molecule has 0 aromatic heterocycles. The maximum Gasteiger partial charge on any atom is 0.444 e. The summed E-state index contributed by atoms with van der Waals surface area (Å²) in [5.74, 6) is 0. The van der Waals surface area contributed by atoms with Crippen LogP contribution in [0.4, 0.5) is 13.2 Å². The van der Waals surface area contributed by atoms with Gasteiger partial charge in [0, 0.05) is 0 Å². The van der Waals surface area contributed by atoms with Gasteiger partial charge in [-0.1, -0.05) is 40.9 Å². The summed E-state index contributed by atoms with van der Waals surface area (Å²) in [7, 11) is 0. The summed E-state index contributed by atoms with van der Waals surface area (Å²) in [6.07, 6.45) is -4.61. The number of rotatable bonds is 2. The summed E-state index contributed by atoms with van der Waals surface area (Å²) in [5, 5.41) is -0.799. The number of benzene rings is 1. The number of aliphatic imine (C=N–C) groups is 1. The Morgan fingerprint density at radius 1 is 1.19 bits per heavy atom. The second kappa shape index (κ2) is 5.25. The Hall–Kier alpha value is -0.450. The Morgan fingerprint density at radius 3 is 2.31 bits per heavy atom. The molecule has 88 valence electrons. The molecule has 1 nitrogen and oxygen atoms in total. The third kappa shape index (κ3) is 3.85. The van der Waals surface area contributed by atoms with Crippen LogP contribution in [0.5, 0.6) is 0 Å². The monoisotopic (exact) mass is 289 g/mol. The van der Waals surface area contributed by atoms with Crippen molar-refractivity contribution in [3.05, 3.63) is 33.8 Å². The van der Waals surface area contributed by atoms with Gasteiger partial charge < -0.3 is 0 Å². The molecule has 0 fully saturated rings. The van der Waals surface area contributed by atoms with Crippen LogP contribution in [0, 0.1) is 0 Å². The molecular formula is C9H5Cl3F3N. The van der Waals surface area contributed by atoms with E-state index in [1.807, 2.05) is 0 Å². The van der Waals surface area contributed by atoms with Crippen molar-refractivity contribution in [2.75, 3.05) is 0 Å². The first kappa shape index (κ1) is 13.6. The highest BCUT2D eigenvalue weighted by Gasteiger charge is 2.34. The van der Waals surface area contributed by atoms with Gasteiger partial charge in [0.15, 0.2) is 0 Å². The van der Waals surface area contributed by atoms with E-state index in [0.29, 0.717) is 10.6 Å². The highest BCUT2D eigenvalue weighted by atomic mass is 35.5. The van der Waals surface area contributed by atoms with Crippen LogP contribution in [0.25, 0.3) is 0 Å². The van der Waals surface area contributed by atoms with E-state index in [1.165, 1.54) is 18.2 Å². The van der Waals surface area contributed by atoms with Crippen LogP contribution in [-0.4, -0.2) is 11.3 Å². The molecule has 0 atom stereocenters. The molecule has 0 amide bonds. The lowest BCUT2D eigenvalue weighted by Gasteiger charge is -2.04. The topological polar surface area (TPSA) is 12.4 Å². The fraction of sp³-hybridized carbons (Fsp3) is 0.222. The van der Waals surface area contributed by atoms with E-state index in [9.17, 15) is 13.2 Å². The number of halogens is 6. The second-order valence-corrected chi connectivity index (χ2v) is 4.03. The Labute approximate surface area is 105 Å². The second-order valence-electron chi connectivity index (χ2n) is 2.85. The van der Waals surface area contributed by atoms with Crippen molar-refractivity contribution in [3.63, 3.8) is 0 Å². The molecule has 0 saturated heterocycles. The number of alkyl halides is 3. The Balaban J connectivity index is 2.79. The quantitative estimate of drug-likeness (QED) is 0.701. The average Bonchev–Trinajstić information content (AvgIpc) is 2.18. The summed E-state index contributed by atoms with van der Waals surface area (Å²) in [6.45, 7) is -0.199. The van der Waals surface area contributed by atoms with Gasteiger partial charge in [0.05, 0.1) is 16.6 Å². The minimum Gasteiger partial charge on any atom is -0.265 e. The molecule has 0 heterocycles. The first-order valence-electron chi connectivity index (χ1n) is 4.02. The van der Waals surface area contributed by atoms with Crippen molar-refractivity contribution in [1.82, 2.24) is 0 Å². The van der Waals surface area contributed by atoms with E-state index in [-0.39, 0.29) is 11.6 Å². The van der Waals surface area contributed by atoms with Crippen LogP contribution in [0.2, 0.25) is 10.0 Å². The third-order valence-corrected chi connectivity index (χ3v) is 2.69. The molecular weight excluding hydrogens is 285 g/mol. The smallest absolute Gasteiger partial charge is 0.265 e.